The number of hydrogen-bond donors (Lipinski definition) is 1. The highest BCUT2D eigenvalue weighted by Gasteiger charge is 2.42. The second kappa shape index (κ2) is 6.34. The maximum Gasteiger partial charge on any atom is 0.317 e. The van der Waals surface area contributed by atoms with E-state index >= 15 is 0 Å². The minimum Gasteiger partial charge on any atom is -0.347 e. The monoisotopic (exact) mass is 310 g/mol. The Hall–Kier alpha value is -1.11. The molecule has 2 aliphatic rings. The van der Waals surface area contributed by atoms with Crippen molar-refractivity contribution in [3.63, 3.8) is 0 Å². The Bertz CT molecular complexity index is 471. The number of hydrogen-bond acceptors (Lipinski definition) is 4. The van der Waals surface area contributed by atoms with E-state index in [0.717, 1.165) is 19.4 Å². The van der Waals surface area contributed by atoms with Crippen LogP contribution in [0.4, 0.5) is 4.79 Å². The first-order chi connectivity index (χ1) is 10.2. The number of urea groups is 1. The fourth-order valence-electron chi connectivity index (χ4n) is 3.04. The Morgan fingerprint density at radius 2 is 2.33 bits per heavy atom. The molecule has 2 amide bonds. The molecule has 0 saturated carbocycles. The van der Waals surface area contributed by atoms with Crippen LogP contribution in [0.3, 0.4) is 0 Å². The number of nitrogens with zero attached hydrogens (tertiary/aromatic N) is 1. The molecule has 2 aliphatic heterocycles. The summed E-state index contributed by atoms with van der Waals surface area (Å²) in [6.45, 7) is 5.41. The highest BCUT2D eigenvalue weighted by Crippen LogP contribution is 2.34. The van der Waals surface area contributed by atoms with Gasteiger partial charge in [-0.3, -0.25) is 0 Å². The van der Waals surface area contributed by atoms with Crippen LogP contribution in [0.1, 0.15) is 24.6 Å². The van der Waals surface area contributed by atoms with E-state index < -0.39 is 5.79 Å². The second-order valence-corrected chi connectivity index (χ2v) is 6.77. The summed E-state index contributed by atoms with van der Waals surface area (Å²) >= 11 is 1.66. The molecule has 1 N–H and O–H groups in total. The van der Waals surface area contributed by atoms with Gasteiger partial charge in [-0.05, 0) is 31.2 Å². The lowest BCUT2D eigenvalue weighted by molar-refractivity contribution is -0.189. The summed E-state index contributed by atoms with van der Waals surface area (Å²) in [5.41, 5.74) is 0. The smallest absolute Gasteiger partial charge is 0.317 e. The standard InChI is InChI=1S/C15H22N2O3S/c1-15(19-7-8-20-15)12-4-2-6-17(11-12)14(18)16-10-13-5-3-9-21-13/h3,5,9,12H,2,4,6-8,10-11H2,1H3,(H,16,18). The van der Waals surface area contributed by atoms with E-state index in [0.29, 0.717) is 26.3 Å². The highest BCUT2D eigenvalue weighted by molar-refractivity contribution is 7.09. The second-order valence-electron chi connectivity index (χ2n) is 5.74. The van der Waals surface area contributed by atoms with E-state index in [9.17, 15) is 4.79 Å². The summed E-state index contributed by atoms with van der Waals surface area (Å²) in [5.74, 6) is -0.270. The van der Waals surface area contributed by atoms with Gasteiger partial charge in [-0.2, -0.15) is 0 Å². The minimum absolute atomic E-state index is 0.00898. The predicted octanol–water partition coefficient (Wildman–Crippen LogP) is 2.43. The third kappa shape index (κ3) is 3.39. The molecule has 0 radical (unpaired) electrons. The predicted molar refractivity (Wildman–Crippen MR) is 81.2 cm³/mol. The van der Waals surface area contributed by atoms with Crippen molar-refractivity contribution in [1.29, 1.82) is 0 Å². The van der Waals surface area contributed by atoms with Crippen LogP contribution >= 0.6 is 11.3 Å². The van der Waals surface area contributed by atoms with Gasteiger partial charge in [-0.1, -0.05) is 6.07 Å². The van der Waals surface area contributed by atoms with Crippen molar-refractivity contribution in [2.45, 2.75) is 32.1 Å². The Balaban J connectivity index is 1.54. The van der Waals surface area contributed by atoms with Gasteiger partial charge in [0, 0.05) is 23.9 Å². The van der Waals surface area contributed by atoms with E-state index in [1.807, 2.05) is 29.3 Å². The number of piperidine rings is 1. The molecule has 0 bridgehead atoms. The maximum absolute atomic E-state index is 12.3. The number of ether oxygens (including phenoxy) is 2. The van der Waals surface area contributed by atoms with Gasteiger partial charge in [0.25, 0.3) is 0 Å². The van der Waals surface area contributed by atoms with Crippen LogP contribution in [0.2, 0.25) is 0 Å². The fraction of sp³-hybridized carbons (Fsp3) is 0.667. The molecule has 6 heteroatoms. The average Bonchev–Trinajstić information content (AvgIpc) is 3.17. The summed E-state index contributed by atoms with van der Waals surface area (Å²) in [5, 5.41) is 5.02. The van der Waals surface area contributed by atoms with Crippen LogP contribution in [-0.4, -0.2) is 43.0 Å². The average molecular weight is 310 g/mol. The van der Waals surface area contributed by atoms with Gasteiger partial charge in [0.15, 0.2) is 5.79 Å². The summed E-state index contributed by atoms with van der Waals surface area (Å²) in [6.07, 6.45) is 2.05. The van der Waals surface area contributed by atoms with Crippen LogP contribution < -0.4 is 5.32 Å². The molecule has 116 valence electrons. The van der Waals surface area contributed by atoms with Crippen molar-refractivity contribution < 1.29 is 14.3 Å². The van der Waals surface area contributed by atoms with Crippen molar-refractivity contribution >= 4 is 17.4 Å². The van der Waals surface area contributed by atoms with Crippen LogP contribution in [0, 0.1) is 5.92 Å². The van der Waals surface area contributed by atoms with Crippen LogP contribution in [0.25, 0.3) is 0 Å². The number of thiophene rings is 1. The van der Waals surface area contributed by atoms with Crippen LogP contribution in [0.15, 0.2) is 17.5 Å². The van der Waals surface area contributed by atoms with Gasteiger partial charge in [0.1, 0.15) is 0 Å². The zero-order chi connectivity index (χ0) is 14.7. The zero-order valence-corrected chi connectivity index (χ0v) is 13.2. The summed E-state index contributed by atoms with van der Waals surface area (Å²) < 4.78 is 11.5. The molecular weight excluding hydrogens is 288 g/mol. The third-order valence-electron chi connectivity index (χ3n) is 4.30. The van der Waals surface area contributed by atoms with Gasteiger partial charge < -0.3 is 19.7 Å². The molecule has 5 nitrogen and oxygen atoms in total. The van der Waals surface area contributed by atoms with Crippen molar-refractivity contribution in [2.75, 3.05) is 26.3 Å². The first-order valence-corrected chi connectivity index (χ1v) is 8.38. The molecule has 2 fully saturated rings. The van der Waals surface area contributed by atoms with Gasteiger partial charge >= 0.3 is 6.03 Å². The van der Waals surface area contributed by atoms with Crippen molar-refractivity contribution in [3.05, 3.63) is 22.4 Å². The molecule has 1 unspecified atom stereocenters. The zero-order valence-electron chi connectivity index (χ0n) is 12.3. The quantitative estimate of drug-likeness (QED) is 0.933. The lowest BCUT2D eigenvalue weighted by atomic mass is 9.90. The van der Waals surface area contributed by atoms with Gasteiger partial charge in [-0.15, -0.1) is 11.3 Å². The molecule has 1 aromatic rings. The molecule has 1 aromatic heterocycles. The van der Waals surface area contributed by atoms with Crippen LogP contribution in [-0.2, 0) is 16.0 Å². The molecule has 21 heavy (non-hydrogen) atoms. The topological polar surface area (TPSA) is 50.8 Å². The van der Waals surface area contributed by atoms with E-state index in [-0.39, 0.29) is 11.9 Å². The van der Waals surface area contributed by atoms with E-state index in [2.05, 4.69) is 5.32 Å². The van der Waals surface area contributed by atoms with Crippen molar-refractivity contribution in [3.8, 4) is 0 Å². The summed E-state index contributed by atoms with van der Waals surface area (Å²) in [4.78, 5) is 15.4. The fourth-order valence-corrected chi connectivity index (χ4v) is 3.69. The molecule has 0 aliphatic carbocycles. The summed E-state index contributed by atoms with van der Waals surface area (Å²) in [6, 6.07) is 4.04. The molecule has 0 spiro atoms. The first-order valence-electron chi connectivity index (χ1n) is 7.50. The number of nitrogens with one attached hydrogen (secondary N) is 1. The number of likely N-dealkylation sites (tertiary alicyclic amines) is 1. The van der Waals surface area contributed by atoms with E-state index in [4.69, 9.17) is 9.47 Å². The van der Waals surface area contributed by atoms with E-state index in [1.165, 1.54) is 4.88 Å². The molecular formula is C15H22N2O3S. The Kier molecular flexibility index (Phi) is 4.47. The Morgan fingerprint density at radius 3 is 3.05 bits per heavy atom. The molecule has 3 rings (SSSR count). The molecule has 3 heterocycles. The SMILES string of the molecule is CC1(C2CCCN(C(=O)NCc3cccs3)C2)OCCO1. The molecule has 2 saturated heterocycles. The van der Waals surface area contributed by atoms with Gasteiger partial charge in [0.2, 0.25) is 0 Å². The first kappa shape index (κ1) is 14.8. The Labute approximate surface area is 129 Å². The third-order valence-corrected chi connectivity index (χ3v) is 5.18. The Morgan fingerprint density at radius 1 is 1.52 bits per heavy atom. The van der Waals surface area contributed by atoms with Gasteiger partial charge in [0.05, 0.1) is 19.8 Å². The normalized spacial score (nSPS) is 25.0. The molecule has 1 atom stereocenters. The van der Waals surface area contributed by atoms with E-state index in [1.54, 1.807) is 11.3 Å². The number of rotatable bonds is 3. The lowest BCUT2D eigenvalue weighted by Gasteiger charge is -2.39. The summed E-state index contributed by atoms with van der Waals surface area (Å²) in [7, 11) is 0. The number of carbonyl (C=O) groups excluding carboxylic acids is 1. The molecule has 0 aromatic carbocycles. The lowest BCUT2D eigenvalue weighted by Crippen LogP contribution is -2.51. The van der Waals surface area contributed by atoms with Crippen molar-refractivity contribution in [2.24, 2.45) is 5.92 Å². The van der Waals surface area contributed by atoms with Crippen LogP contribution in [0.5, 0.6) is 0 Å². The number of carbonyl (C=O) groups is 1. The highest BCUT2D eigenvalue weighted by atomic mass is 32.1. The largest absolute Gasteiger partial charge is 0.347 e. The maximum atomic E-state index is 12.3. The van der Waals surface area contributed by atoms with Gasteiger partial charge in [-0.25, -0.2) is 4.79 Å². The number of amides is 2. The minimum atomic E-state index is -0.521. The van der Waals surface area contributed by atoms with Crippen molar-refractivity contribution in [1.82, 2.24) is 10.2 Å².